The van der Waals surface area contributed by atoms with Crippen LogP contribution < -0.4 is 5.73 Å². The summed E-state index contributed by atoms with van der Waals surface area (Å²) in [5.74, 6) is 0. The van der Waals surface area contributed by atoms with Gasteiger partial charge in [-0.3, -0.25) is 4.90 Å². The average Bonchev–Trinajstić information content (AvgIpc) is 2.64. The van der Waals surface area contributed by atoms with Crippen molar-refractivity contribution >= 4 is 27.3 Å². The fourth-order valence-electron chi connectivity index (χ4n) is 1.65. The lowest BCUT2D eigenvalue weighted by Gasteiger charge is -2.13. The molecule has 1 aromatic rings. The molecule has 1 saturated heterocycles. The number of likely N-dealkylation sites (tertiary alicyclic amines) is 1. The Labute approximate surface area is 90.9 Å². The monoisotopic (exact) mass is 260 g/mol. The van der Waals surface area contributed by atoms with E-state index in [-0.39, 0.29) is 0 Å². The van der Waals surface area contributed by atoms with Crippen molar-refractivity contribution < 1.29 is 0 Å². The molecule has 72 valence electrons. The third-order valence-corrected chi connectivity index (χ3v) is 4.28. The van der Waals surface area contributed by atoms with Gasteiger partial charge in [0.15, 0.2) is 0 Å². The molecule has 2 nitrogen and oxygen atoms in total. The van der Waals surface area contributed by atoms with E-state index < -0.39 is 0 Å². The van der Waals surface area contributed by atoms with E-state index >= 15 is 0 Å². The van der Waals surface area contributed by atoms with Crippen molar-refractivity contribution in [3.63, 3.8) is 0 Å². The van der Waals surface area contributed by atoms with Crippen LogP contribution in [0.4, 0.5) is 0 Å². The Balaban J connectivity index is 1.95. The first kappa shape index (κ1) is 9.65. The van der Waals surface area contributed by atoms with Crippen molar-refractivity contribution in [1.29, 1.82) is 0 Å². The minimum atomic E-state index is 0.388. The molecule has 1 aliphatic rings. The van der Waals surface area contributed by atoms with Gasteiger partial charge in [-0.15, -0.1) is 11.3 Å². The maximum Gasteiger partial charge on any atom is 0.0339 e. The van der Waals surface area contributed by atoms with Crippen LogP contribution in [0.2, 0.25) is 0 Å². The highest BCUT2D eigenvalue weighted by atomic mass is 79.9. The molecular weight excluding hydrogens is 248 g/mol. The molecule has 2 heterocycles. The second kappa shape index (κ2) is 4.09. The molecular formula is C9H13BrN2S. The molecule has 1 aliphatic heterocycles. The molecule has 0 radical (unpaired) electrons. The number of halogens is 1. The van der Waals surface area contributed by atoms with Crippen LogP contribution in [0.1, 0.15) is 11.3 Å². The Morgan fingerprint density at radius 3 is 3.08 bits per heavy atom. The molecule has 1 atom stereocenters. The lowest BCUT2D eigenvalue weighted by molar-refractivity contribution is 0.329. The maximum absolute atomic E-state index is 5.84. The van der Waals surface area contributed by atoms with Gasteiger partial charge < -0.3 is 5.73 Å². The Kier molecular flexibility index (Phi) is 3.03. The van der Waals surface area contributed by atoms with Crippen molar-refractivity contribution in [3.8, 4) is 0 Å². The van der Waals surface area contributed by atoms with Gasteiger partial charge in [-0.05, 0) is 33.8 Å². The number of rotatable bonds is 2. The summed E-state index contributed by atoms with van der Waals surface area (Å²) in [7, 11) is 0. The summed E-state index contributed by atoms with van der Waals surface area (Å²) in [4.78, 5) is 3.83. The van der Waals surface area contributed by atoms with Gasteiger partial charge in [-0.25, -0.2) is 0 Å². The van der Waals surface area contributed by atoms with Gasteiger partial charge >= 0.3 is 0 Å². The predicted octanol–water partition coefficient (Wildman–Crippen LogP) is 2.04. The second-order valence-electron chi connectivity index (χ2n) is 3.48. The number of hydrogen-bond donors (Lipinski definition) is 1. The van der Waals surface area contributed by atoms with E-state index in [0.717, 1.165) is 26.1 Å². The topological polar surface area (TPSA) is 29.3 Å². The van der Waals surface area contributed by atoms with Crippen molar-refractivity contribution in [3.05, 3.63) is 20.8 Å². The van der Waals surface area contributed by atoms with Crippen LogP contribution in [-0.2, 0) is 6.54 Å². The van der Waals surface area contributed by atoms with Gasteiger partial charge in [0.2, 0.25) is 0 Å². The molecule has 2 rings (SSSR count). The fraction of sp³-hybridized carbons (Fsp3) is 0.556. The zero-order valence-electron chi connectivity index (χ0n) is 7.37. The van der Waals surface area contributed by atoms with E-state index in [1.807, 2.05) is 11.3 Å². The van der Waals surface area contributed by atoms with Gasteiger partial charge in [0.25, 0.3) is 0 Å². The van der Waals surface area contributed by atoms with Gasteiger partial charge in [0, 0.05) is 35.0 Å². The third kappa shape index (κ3) is 2.31. The van der Waals surface area contributed by atoms with Crippen LogP contribution in [0.3, 0.4) is 0 Å². The minimum Gasteiger partial charge on any atom is -0.326 e. The van der Waals surface area contributed by atoms with Gasteiger partial charge in [-0.1, -0.05) is 0 Å². The predicted molar refractivity (Wildman–Crippen MR) is 59.9 cm³/mol. The van der Waals surface area contributed by atoms with Gasteiger partial charge in [0.05, 0.1) is 0 Å². The number of thiophene rings is 1. The standard InChI is InChI=1S/C9H13BrN2S/c10-8-2-4-13-9(8)6-12-3-1-7(11)5-12/h2,4,7H,1,3,5-6,11H2. The van der Waals surface area contributed by atoms with Crippen LogP contribution in [0.25, 0.3) is 0 Å². The minimum absolute atomic E-state index is 0.388. The normalized spacial score (nSPS) is 24.0. The first-order valence-corrected chi connectivity index (χ1v) is 6.13. The third-order valence-electron chi connectivity index (χ3n) is 2.37. The molecule has 0 spiro atoms. The van der Waals surface area contributed by atoms with Crippen LogP contribution in [-0.4, -0.2) is 24.0 Å². The van der Waals surface area contributed by atoms with Gasteiger partial charge in [0.1, 0.15) is 0 Å². The Hall–Kier alpha value is 0.100. The zero-order valence-corrected chi connectivity index (χ0v) is 9.77. The highest BCUT2D eigenvalue weighted by Crippen LogP contribution is 2.25. The first-order valence-electron chi connectivity index (χ1n) is 4.45. The van der Waals surface area contributed by atoms with E-state index in [9.17, 15) is 0 Å². The summed E-state index contributed by atoms with van der Waals surface area (Å²) in [5, 5.41) is 2.12. The zero-order chi connectivity index (χ0) is 9.26. The van der Waals surface area contributed by atoms with Crippen molar-refractivity contribution in [2.45, 2.75) is 19.0 Å². The molecule has 1 unspecified atom stereocenters. The van der Waals surface area contributed by atoms with Crippen LogP contribution >= 0.6 is 27.3 Å². The highest BCUT2D eigenvalue weighted by Gasteiger charge is 2.19. The SMILES string of the molecule is NC1CCN(Cc2sccc2Br)C1. The summed E-state index contributed by atoms with van der Waals surface area (Å²) in [5.41, 5.74) is 5.84. The highest BCUT2D eigenvalue weighted by molar-refractivity contribution is 9.10. The van der Waals surface area contributed by atoms with Crippen molar-refractivity contribution in [1.82, 2.24) is 4.90 Å². The van der Waals surface area contributed by atoms with E-state index in [1.165, 1.54) is 9.35 Å². The molecule has 0 aromatic carbocycles. The maximum atomic E-state index is 5.84. The molecule has 4 heteroatoms. The Bertz CT molecular complexity index is 287. The van der Waals surface area contributed by atoms with Crippen LogP contribution in [0.5, 0.6) is 0 Å². The molecule has 0 bridgehead atoms. The largest absolute Gasteiger partial charge is 0.326 e. The summed E-state index contributed by atoms with van der Waals surface area (Å²) in [6.07, 6.45) is 1.14. The lowest BCUT2D eigenvalue weighted by Crippen LogP contribution is -2.26. The molecule has 0 amide bonds. The Morgan fingerprint density at radius 1 is 1.69 bits per heavy atom. The van der Waals surface area contributed by atoms with E-state index in [4.69, 9.17) is 5.73 Å². The lowest BCUT2D eigenvalue weighted by atomic mass is 10.3. The van der Waals surface area contributed by atoms with E-state index in [2.05, 4.69) is 32.3 Å². The second-order valence-corrected chi connectivity index (χ2v) is 5.33. The average molecular weight is 261 g/mol. The number of nitrogens with two attached hydrogens (primary N) is 1. The summed E-state index contributed by atoms with van der Waals surface area (Å²) >= 11 is 5.35. The number of nitrogens with zero attached hydrogens (tertiary/aromatic N) is 1. The molecule has 2 N–H and O–H groups in total. The fourth-order valence-corrected chi connectivity index (χ4v) is 3.17. The van der Waals surface area contributed by atoms with Crippen molar-refractivity contribution in [2.75, 3.05) is 13.1 Å². The smallest absolute Gasteiger partial charge is 0.0339 e. The van der Waals surface area contributed by atoms with Crippen LogP contribution in [0, 0.1) is 0 Å². The molecule has 1 fully saturated rings. The Morgan fingerprint density at radius 2 is 2.54 bits per heavy atom. The molecule has 1 aromatic heterocycles. The van der Waals surface area contributed by atoms with E-state index in [1.54, 1.807) is 0 Å². The number of hydrogen-bond acceptors (Lipinski definition) is 3. The summed E-state index contributed by atoms with van der Waals surface area (Å²) in [6, 6.07) is 2.49. The van der Waals surface area contributed by atoms with Crippen LogP contribution in [0.15, 0.2) is 15.9 Å². The van der Waals surface area contributed by atoms with Gasteiger partial charge in [-0.2, -0.15) is 0 Å². The molecule has 0 saturated carbocycles. The molecule has 13 heavy (non-hydrogen) atoms. The van der Waals surface area contributed by atoms with Crippen molar-refractivity contribution in [2.24, 2.45) is 5.73 Å². The first-order chi connectivity index (χ1) is 6.25. The molecule has 0 aliphatic carbocycles. The quantitative estimate of drug-likeness (QED) is 0.882. The van der Waals surface area contributed by atoms with E-state index in [0.29, 0.717) is 6.04 Å². The summed E-state index contributed by atoms with van der Waals surface area (Å²) < 4.78 is 1.23. The summed E-state index contributed by atoms with van der Waals surface area (Å²) in [6.45, 7) is 3.24.